The molecule has 6 nitrogen and oxygen atoms in total. The molecular weight excluding hydrogens is 495 g/mol. The molecular formula is C23H16F7N5O. The van der Waals surface area contributed by atoms with E-state index in [1.54, 1.807) is 0 Å². The molecule has 2 aromatic carbocycles. The van der Waals surface area contributed by atoms with Crippen LogP contribution >= 0.6 is 0 Å². The van der Waals surface area contributed by atoms with Gasteiger partial charge in [0.2, 0.25) is 0 Å². The van der Waals surface area contributed by atoms with Gasteiger partial charge in [-0.25, -0.2) is 22.2 Å². The molecule has 2 heterocycles. The van der Waals surface area contributed by atoms with Gasteiger partial charge in [-0.3, -0.25) is 4.98 Å². The van der Waals surface area contributed by atoms with Crippen molar-refractivity contribution in [1.29, 1.82) is 0 Å². The summed E-state index contributed by atoms with van der Waals surface area (Å²) in [5.41, 5.74) is -4.08. The summed E-state index contributed by atoms with van der Waals surface area (Å²) in [6.07, 6.45) is -5.68. The number of halogens is 7. The average molecular weight is 511 g/mol. The van der Waals surface area contributed by atoms with Crippen LogP contribution in [0.4, 0.5) is 30.7 Å². The Balaban J connectivity index is 1.70. The van der Waals surface area contributed by atoms with E-state index in [-0.39, 0.29) is 12.1 Å². The van der Waals surface area contributed by atoms with E-state index in [1.807, 2.05) is 0 Å². The molecule has 0 bridgehead atoms. The van der Waals surface area contributed by atoms with Crippen molar-refractivity contribution < 1.29 is 35.8 Å². The van der Waals surface area contributed by atoms with Crippen LogP contribution in [0.3, 0.4) is 0 Å². The number of pyridine rings is 1. The molecule has 0 spiro atoms. The molecule has 2 aromatic heterocycles. The summed E-state index contributed by atoms with van der Waals surface area (Å²) in [7, 11) is 0. The number of nitrogens with zero attached hydrogens (tertiary/aromatic N) is 5. The fourth-order valence-electron chi connectivity index (χ4n) is 3.80. The second-order valence-electron chi connectivity index (χ2n) is 7.91. The molecule has 188 valence electrons. The van der Waals surface area contributed by atoms with Crippen molar-refractivity contribution in [3.63, 3.8) is 0 Å². The molecule has 0 aliphatic rings. The summed E-state index contributed by atoms with van der Waals surface area (Å²) in [5.74, 6) is -2.44. The quantitative estimate of drug-likeness (QED) is 0.364. The smallest absolute Gasteiger partial charge is 0.377 e. The fraction of sp³-hybridized carbons (Fsp3) is 0.217. The molecule has 4 aromatic rings. The van der Waals surface area contributed by atoms with Gasteiger partial charge in [-0.05, 0) is 58.3 Å². The minimum absolute atomic E-state index is 0.173. The second-order valence-corrected chi connectivity index (χ2v) is 7.91. The number of alkyl halides is 5. The average Bonchev–Trinajstić information content (AvgIpc) is 3.34. The summed E-state index contributed by atoms with van der Waals surface area (Å²) < 4.78 is 95.7. The molecule has 2 atom stereocenters. The van der Waals surface area contributed by atoms with E-state index in [2.05, 4.69) is 20.5 Å². The van der Waals surface area contributed by atoms with Gasteiger partial charge in [-0.2, -0.15) is 13.2 Å². The van der Waals surface area contributed by atoms with E-state index >= 15 is 0 Å². The number of aromatic nitrogens is 5. The van der Waals surface area contributed by atoms with E-state index in [0.29, 0.717) is 23.3 Å². The first-order valence-corrected chi connectivity index (χ1v) is 10.3. The molecule has 0 aliphatic carbocycles. The standard InChI is InChI=1S/C23H16F7N5O/c24-16-6-7-17(18(25)10-16)22(36,21(26)27)20(35-12-32-33-34-35)19-8-3-14(11-31-19)9-13-1-4-15(5-2-13)23(28,29)30/h1-8,10-12,20-21,36H,9H2. The van der Waals surface area contributed by atoms with Crippen LogP contribution in [-0.4, -0.2) is 36.7 Å². The fourth-order valence-corrected chi connectivity index (χ4v) is 3.80. The first-order chi connectivity index (χ1) is 17.0. The van der Waals surface area contributed by atoms with Crippen molar-refractivity contribution in [3.8, 4) is 0 Å². The highest BCUT2D eigenvalue weighted by Gasteiger charge is 2.52. The summed E-state index contributed by atoms with van der Waals surface area (Å²) in [6, 6.07) is 7.17. The van der Waals surface area contributed by atoms with Crippen molar-refractivity contribution in [3.05, 3.63) is 107 Å². The zero-order valence-electron chi connectivity index (χ0n) is 18.0. The molecule has 0 radical (unpaired) electrons. The zero-order chi connectivity index (χ0) is 26.1. The lowest BCUT2D eigenvalue weighted by atomic mass is 9.84. The Morgan fingerprint density at radius 1 is 0.917 bits per heavy atom. The van der Waals surface area contributed by atoms with Gasteiger partial charge < -0.3 is 5.11 Å². The van der Waals surface area contributed by atoms with E-state index in [0.717, 1.165) is 29.2 Å². The maximum absolute atomic E-state index is 14.5. The van der Waals surface area contributed by atoms with Crippen molar-refractivity contribution >= 4 is 0 Å². The predicted molar refractivity (Wildman–Crippen MR) is 111 cm³/mol. The van der Waals surface area contributed by atoms with Gasteiger partial charge in [0.25, 0.3) is 6.43 Å². The van der Waals surface area contributed by atoms with Gasteiger partial charge in [0.15, 0.2) is 5.60 Å². The molecule has 13 heteroatoms. The zero-order valence-corrected chi connectivity index (χ0v) is 18.0. The third-order valence-corrected chi connectivity index (χ3v) is 5.56. The Morgan fingerprint density at radius 2 is 1.61 bits per heavy atom. The molecule has 0 amide bonds. The number of hydrogen-bond acceptors (Lipinski definition) is 5. The van der Waals surface area contributed by atoms with E-state index in [4.69, 9.17) is 0 Å². The molecule has 0 fully saturated rings. The van der Waals surface area contributed by atoms with Gasteiger partial charge in [-0.15, -0.1) is 5.10 Å². The van der Waals surface area contributed by atoms with E-state index in [9.17, 15) is 35.8 Å². The number of benzene rings is 2. The molecule has 36 heavy (non-hydrogen) atoms. The lowest BCUT2D eigenvalue weighted by molar-refractivity contribution is -0.137. The van der Waals surface area contributed by atoms with Crippen molar-refractivity contribution in [2.75, 3.05) is 0 Å². The van der Waals surface area contributed by atoms with Crippen molar-refractivity contribution in [2.45, 2.75) is 30.7 Å². The normalized spacial score (nSPS) is 14.6. The second kappa shape index (κ2) is 9.64. The third kappa shape index (κ3) is 4.91. The Labute approximate surface area is 199 Å². The summed E-state index contributed by atoms with van der Waals surface area (Å²) in [6.45, 7) is 0. The third-order valence-electron chi connectivity index (χ3n) is 5.56. The van der Waals surface area contributed by atoms with Crippen LogP contribution in [0.15, 0.2) is 67.1 Å². The first-order valence-electron chi connectivity index (χ1n) is 10.3. The van der Waals surface area contributed by atoms with Crippen LogP contribution in [0.5, 0.6) is 0 Å². The van der Waals surface area contributed by atoms with Gasteiger partial charge in [-0.1, -0.05) is 18.2 Å². The molecule has 0 saturated heterocycles. The first kappa shape index (κ1) is 25.2. The predicted octanol–water partition coefficient (Wildman–Crippen LogP) is 4.70. The maximum Gasteiger partial charge on any atom is 0.416 e. The van der Waals surface area contributed by atoms with Crippen molar-refractivity contribution in [1.82, 2.24) is 25.2 Å². The highest BCUT2D eigenvalue weighted by atomic mass is 19.4. The molecule has 2 unspecified atom stereocenters. The molecule has 4 rings (SSSR count). The number of aliphatic hydroxyl groups is 1. The summed E-state index contributed by atoms with van der Waals surface area (Å²) in [4.78, 5) is 4.12. The minimum Gasteiger partial charge on any atom is -0.377 e. The Hall–Kier alpha value is -3.87. The Morgan fingerprint density at radius 3 is 2.14 bits per heavy atom. The summed E-state index contributed by atoms with van der Waals surface area (Å²) >= 11 is 0. The van der Waals surface area contributed by atoms with Gasteiger partial charge >= 0.3 is 6.18 Å². The van der Waals surface area contributed by atoms with Crippen LogP contribution in [0.2, 0.25) is 0 Å². The van der Waals surface area contributed by atoms with Crippen LogP contribution < -0.4 is 0 Å². The highest BCUT2D eigenvalue weighted by Crippen LogP contribution is 2.43. The Kier molecular flexibility index (Phi) is 6.76. The Bertz CT molecular complexity index is 1310. The lowest BCUT2D eigenvalue weighted by Crippen LogP contribution is -2.45. The molecule has 0 aliphatic heterocycles. The van der Waals surface area contributed by atoms with Gasteiger partial charge in [0.05, 0.1) is 11.3 Å². The molecule has 1 N–H and O–H groups in total. The van der Waals surface area contributed by atoms with E-state index in [1.165, 1.54) is 30.5 Å². The maximum atomic E-state index is 14.5. The highest BCUT2D eigenvalue weighted by molar-refractivity contribution is 5.33. The van der Waals surface area contributed by atoms with Gasteiger partial charge in [0.1, 0.15) is 24.0 Å². The number of rotatable bonds is 7. The largest absolute Gasteiger partial charge is 0.416 e. The molecule has 0 saturated carbocycles. The minimum atomic E-state index is -4.47. The lowest BCUT2D eigenvalue weighted by Gasteiger charge is -2.35. The number of hydrogen-bond donors (Lipinski definition) is 1. The van der Waals surface area contributed by atoms with E-state index < -0.39 is 47.0 Å². The van der Waals surface area contributed by atoms with Crippen LogP contribution in [0, 0.1) is 11.6 Å². The van der Waals surface area contributed by atoms with Crippen LogP contribution in [0.1, 0.15) is 34.0 Å². The van der Waals surface area contributed by atoms with Gasteiger partial charge in [0, 0.05) is 17.8 Å². The number of tetrazole rings is 1. The topological polar surface area (TPSA) is 76.7 Å². The summed E-state index contributed by atoms with van der Waals surface area (Å²) in [5, 5.41) is 21.5. The SMILES string of the molecule is OC(c1ccc(F)cc1F)(C(F)F)C(c1ccc(Cc2ccc(C(F)(F)F)cc2)cn1)n1cnnn1. The van der Waals surface area contributed by atoms with Crippen LogP contribution in [0.25, 0.3) is 0 Å². The van der Waals surface area contributed by atoms with Crippen LogP contribution in [-0.2, 0) is 18.2 Å². The van der Waals surface area contributed by atoms with Crippen molar-refractivity contribution in [2.24, 2.45) is 0 Å². The monoisotopic (exact) mass is 511 g/mol.